The molecule has 1 aromatic heterocycles. The van der Waals surface area contributed by atoms with Gasteiger partial charge >= 0.3 is 0 Å². The minimum atomic E-state index is 0.930. The number of benzene rings is 6. The van der Waals surface area contributed by atoms with Crippen molar-refractivity contribution >= 4 is 32.7 Å². The first-order valence-corrected chi connectivity index (χ1v) is 11.9. The molecule has 0 aliphatic carbocycles. The van der Waals surface area contributed by atoms with Crippen molar-refractivity contribution < 1.29 is 4.42 Å². The molecule has 0 atom stereocenters. The highest BCUT2D eigenvalue weighted by atomic mass is 16.3. The molecule has 164 valence electrons. The van der Waals surface area contributed by atoms with Crippen LogP contribution in [0.2, 0.25) is 0 Å². The number of hydrogen-bond donors (Lipinski definition) is 0. The van der Waals surface area contributed by atoms with Crippen molar-refractivity contribution in [1.29, 1.82) is 0 Å². The monoisotopic (exact) mass is 446 g/mol. The Labute approximate surface area is 203 Å². The second kappa shape index (κ2) is 8.00. The van der Waals surface area contributed by atoms with Gasteiger partial charge in [-0.3, -0.25) is 0 Å². The average Bonchev–Trinajstić information content (AvgIpc) is 3.32. The lowest BCUT2D eigenvalue weighted by Gasteiger charge is -2.10. The van der Waals surface area contributed by atoms with E-state index in [-0.39, 0.29) is 0 Å². The molecule has 0 aliphatic heterocycles. The molecular weight excluding hydrogens is 424 g/mol. The predicted molar refractivity (Wildman–Crippen MR) is 148 cm³/mol. The number of furan rings is 1. The second-order valence-electron chi connectivity index (χ2n) is 8.97. The lowest BCUT2D eigenvalue weighted by atomic mass is 9.94. The van der Waals surface area contributed by atoms with Crippen molar-refractivity contribution in [1.82, 2.24) is 0 Å². The number of rotatable bonds is 3. The van der Waals surface area contributed by atoms with Crippen LogP contribution in [-0.4, -0.2) is 0 Å². The quantitative estimate of drug-likeness (QED) is 0.263. The molecule has 1 nitrogen and oxygen atoms in total. The molecule has 0 N–H and O–H groups in total. The zero-order valence-corrected chi connectivity index (χ0v) is 19.1. The highest BCUT2D eigenvalue weighted by Crippen LogP contribution is 2.40. The third-order valence-electron chi connectivity index (χ3n) is 6.91. The van der Waals surface area contributed by atoms with Gasteiger partial charge < -0.3 is 4.42 Å². The molecule has 0 fully saturated rings. The van der Waals surface area contributed by atoms with Gasteiger partial charge in [-0.05, 0) is 50.9 Å². The van der Waals surface area contributed by atoms with Crippen LogP contribution in [0.1, 0.15) is 0 Å². The Morgan fingerprint density at radius 3 is 1.49 bits per heavy atom. The van der Waals surface area contributed by atoms with E-state index in [9.17, 15) is 0 Å². The maximum atomic E-state index is 6.28. The lowest BCUT2D eigenvalue weighted by molar-refractivity contribution is 0.672. The van der Waals surface area contributed by atoms with Crippen LogP contribution in [0.25, 0.3) is 66.1 Å². The molecule has 0 unspecified atom stereocenters. The molecule has 1 heterocycles. The SMILES string of the molecule is c1ccc(-c2ccc(-c3ccc(-c4cc5c6ccccc6oc5c5ccccc45)cc3)cc2)cc1. The molecule has 7 rings (SSSR count). The summed E-state index contributed by atoms with van der Waals surface area (Å²) in [5.74, 6) is 0. The fourth-order valence-corrected chi connectivity index (χ4v) is 5.11. The van der Waals surface area contributed by atoms with E-state index in [1.54, 1.807) is 0 Å². The summed E-state index contributed by atoms with van der Waals surface area (Å²) in [7, 11) is 0. The maximum Gasteiger partial charge on any atom is 0.143 e. The van der Waals surface area contributed by atoms with Gasteiger partial charge in [0.1, 0.15) is 11.2 Å². The second-order valence-corrected chi connectivity index (χ2v) is 8.97. The van der Waals surface area contributed by atoms with Crippen LogP contribution in [-0.2, 0) is 0 Å². The Kier molecular flexibility index (Phi) is 4.53. The highest BCUT2D eigenvalue weighted by Gasteiger charge is 2.14. The van der Waals surface area contributed by atoms with Crippen LogP contribution in [0.5, 0.6) is 0 Å². The Balaban J connectivity index is 1.32. The third kappa shape index (κ3) is 3.33. The largest absolute Gasteiger partial charge is 0.455 e. The van der Waals surface area contributed by atoms with Gasteiger partial charge in [-0.2, -0.15) is 0 Å². The van der Waals surface area contributed by atoms with Crippen molar-refractivity contribution in [2.75, 3.05) is 0 Å². The molecule has 0 bridgehead atoms. The molecule has 0 radical (unpaired) electrons. The normalized spacial score (nSPS) is 11.4. The fourth-order valence-electron chi connectivity index (χ4n) is 5.11. The molecule has 6 aromatic carbocycles. The van der Waals surface area contributed by atoms with Crippen LogP contribution >= 0.6 is 0 Å². The van der Waals surface area contributed by atoms with Gasteiger partial charge in [0.05, 0.1) is 0 Å². The van der Waals surface area contributed by atoms with Crippen molar-refractivity contribution in [3.8, 4) is 33.4 Å². The van der Waals surface area contributed by atoms with Gasteiger partial charge in [0, 0.05) is 16.2 Å². The maximum absolute atomic E-state index is 6.28. The molecule has 0 amide bonds. The zero-order valence-electron chi connectivity index (χ0n) is 19.1. The van der Waals surface area contributed by atoms with Crippen LogP contribution in [0.3, 0.4) is 0 Å². The number of fused-ring (bicyclic) bond motifs is 5. The van der Waals surface area contributed by atoms with Crippen molar-refractivity contribution in [3.63, 3.8) is 0 Å². The minimum absolute atomic E-state index is 0.930. The first-order valence-electron chi connectivity index (χ1n) is 11.9. The topological polar surface area (TPSA) is 13.1 Å². The van der Waals surface area contributed by atoms with Crippen LogP contribution in [0.4, 0.5) is 0 Å². The van der Waals surface area contributed by atoms with E-state index >= 15 is 0 Å². The summed E-state index contributed by atoms with van der Waals surface area (Å²) in [6.07, 6.45) is 0. The van der Waals surface area contributed by atoms with Crippen LogP contribution < -0.4 is 0 Å². The van der Waals surface area contributed by atoms with Crippen LogP contribution in [0, 0.1) is 0 Å². The molecule has 1 heteroatoms. The Morgan fingerprint density at radius 2 is 0.829 bits per heavy atom. The number of hydrogen-bond acceptors (Lipinski definition) is 1. The van der Waals surface area contributed by atoms with E-state index < -0.39 is 0 Å². The number of para-hydroxylation sites is 1. The van der Waals surface area contributed by atoms with Gasteiger partial charge in [-0.25, -0.2) is 0 Å². The first kappa shape index (κ1) is 19.8. The highest BCUT2D eigenvalue weighted by molar-refractivity contribution is 6.19. The van der Waals surface area contributed by atoms with Gasteiger partial charge in [-0.1, -0.05) is 121 Å². The molecule has 0 spiro atoms. The summed E-state index contributed by atoms with van der Waals surface area (Å²) in [6.45, 7) is 0. The molecule has 35 heavy (non-hydrogen) atoms. The van der Waals surface area contributed by atoms with Gasteiger partial charge in [0.15, 0.2) is 0 Å². The third-order valence-corrected chi connectivity index (χ3v) is 6.91. The summed E-state index contributed by atoms with van der Waals surface area (Å²) in [6, 6.07) is 47.3. The van der Waals surface area contributed by atoms with Crippen LogP contribution in [0.15, 0.2) is 138 Å². The molecule has 0 saturated heterocycles. The van der Waals surface area contributed by atoms with Crippen molar-refractivity contribution in [3.05, 3.63) is 133 Å². The summed E-state index contributed by atoms with van der Waals surface area (Å²) >= 11 is 0. The van der Waals surface area contributed by atoms with E-state index in [0.717, 1.165) is 27.3 Å². The van der Waals surface area contributed by atoms with Gasteiger partial charge in [0.25, 0.3) is 0 Å². The zero-order chi connectivity index (χ0) is 23.2. The average molecular weight is 447 g/mol. The van der Waals surface area contributed by atoms with Gasteiger partial charge in [0.2, 0.25) is 0 Å². The minimum Gasteiger partial charge on any atom is -0.455 e. The summed E-state index contributed by atoms with van der Waals surface area (Å²) in [4.78, 5) is 0. The molecule has 0 aliphatic rings. The Hall–Kier alpha value is -4.62. The van der Waals surface area contributed by atoms with Crippen molar-refractivity contribution in [2.45, 2.75) is 0 Å². The summed E-state index contributed by atoms with van der Waals surface area (Å²) in [5.41, 5.74) is 9.23. The summed E-state index contributed by atoms with van der Waals surface area (Å²) in [5, 5.41) is 4.68. The summed E-state index contributed by atoms with van der Waals surface area (Å²) < 4.78 is 6.28. The van der Waals surface area contributed by atoms with E-state index in [0.29, 0.717) is 0 Å². The Morgan fingerprint density at radius 1 is 0.343 bits per heavy atom. The molecular formula is C34H22O. The van der Waals surface area contributed by atoms with E-state index in [1.165, 1.54) is 38.8 Å². The molecule has 7 aromatic rings. The van der Waals surface area contributed by atoms with E-state index in [4.69, 9.17) is 4.42 Å². The first-order chi connectivity index (χ1) is 17.3. The van der Waals surface area contributed by atoms with Crippen molar-refractivity contribution in [2.24, 2.45) is 0 Å². The van der Waals surface area contributed by atoms with E-state index in [1.807, 2.05) is 12.1 Å². The Bertz CT molecular complexity index is 1810. The predicted octanol–water partition coefficient (Wildman–Crippen LogP) is 9.74. The standard InChI is InChI=1S/C34H22O/c1-2-8-23(9-3-1)24-14-16-25(17-15-24)26-18-20-27(21-19-26)31-22-32-29-11-6-7-13-33(29)35-34(32)30-12-5-4-10-28(30)31/h1-22H. The smallest absolute Gasteiger partial charge is 0.143 e. The lowest BCUT2D eigenvalue weighted by Crippen LogP contribution is -1.84. The van der Waals surface area contributed by atoms with E-state index in [2.05, 4.69) is 121 Å². The molecule has 0 saturated carbocycles. The fraction of sp³-hybridized carbons (Fsp3) is 0. The van der Waals surface area contributed by atoms with Gasteiger partial charge in [-0.15, -0.1) is 0 Å².